The van der Waals surface area contributed by atoms with E-state index in [4.69, 9.17) is 0 Å². The zero-order chi connectivity index (χ0) is 22.0. The maximum atomic E-state index is 12.8. The van der Waals surface area contributed by atoms with E-state index < -0.39 is 9.85 Å². The molecule has 1 aliphatic rings. The molecule has 1 aliphatic heterocycles. The summed E-state index contributed by atoms with van der Waals surface area (Å²) >= 11 is 0. The van der Waals surface area contributed by atoms with Gasteiger partial charge in [0.15, 0.2) is 0 Å². The third-order valence-electron chi connectivity index (χ3n) is 5.32. The molecule has 0 atom stereocenters. The highest BCUT2D eigenvalue weighted by Crippen LogP contribution is 2.24. The second kappa shape index (κ2) is 8.27. The Hall–Kier alpha value is -3.82. The maximum Gasteiger partial charge on any atom is 0.273 e. The number of amides is 2. The molecule has 0 N–H and O–H groups in total. The predicted molar refractivity (Wildman–Crippen MR) is 107 cm³/mol. The number of nitro benzene ring substituents is 2. The topological polar surface area (TPSA) is 127 Å². The molecule has 3 rings (SSSR count). The molecule has 0 radical (unpaired) electrons. The second-order valence-electron chi connectivity index (χ2n) is 7.00. The Labute approximate surface area is 172 Å². The van der Waals surface area contributed by atoms with Gasteiger partial charge in [0.1, 0.15) is 0 Å². The van der Waals surface area contributed by atoms with E-state index >= 15 is 0 Å². The van der Waals surface area contributed by atoms with Crippen molar-refractivity contribution >= 4 is 23.2 Å². The summed E-state index contributed by atoms with van der Waals surface area (Å²) in [5.74, 6) is -0.648. The maximum absolute atomic E-state index is 12.8. The van der Waals surface area contributed by atoms with Gasteiger partial charge in [0, 0.05) is 60.6 Å². The van der Waals surface area contributed by atoms with Crippen molar-refractivity contribution in [2.24, 2.45) is 0 Å². The molecule has 1 heterocycles. The number of carbonyl (C=O) groups excluding carboxylic acids is 2. The molecule has 0 aromatic heterocycles. The van der Waals surface area contributed by atoms with Crippen LogP contribution in [0.25, 0.3) is 0 Å². The van der Waals surface area contributed by atoms with Crippen LogP contribution in [0.3, 0.4) is 0 Å². The number of carbonyl (C=O) groups is 2. The van der Waals surface area contributed by atoms with Crippen LogP contribution in [-0.2, 0) is 0 Å². The van der Waals surface area contributed by atoms with E-state index in [1.165, 1.54) is 38.1 Å². The molecular weight excluding hydrogens is 392 g/mol. The number of nitrogens with zero attached hydrogens (tertiary/aromatic N) is 4. The van der Waals surface area contributed by atoms with Crippen molar-refractivity contribution in [1.29, 1.82) is 0 Å². The van der Waals surface area contributed by atoms with Gasteiger partial charge in [0.25, 0.3) is 23.2 Å². The molecule has 1 saturated heterocycles. The van der Waals surface area contributed by atoms with Crippen LogP contribution in [-0.4, -0.2) is 57.6 Å². The highest BCUT2D eigenvalue weighted by molar-refractivity contribution is 5.98. The molecule has 2 aromatic rings. The lowest BCUT2D eigenvalue weighted by Crippen LogP contribution is -2.50. The molecule has 0 saturated carbocycles. The van der Waals surface area contributed by atoms with E-state index in [2.05, 4.69) is 0 Å². The van der Waals surface area contributed by atoms with Crippen LogP contribution in [0.5, 0.6) is 0 Å². The normalized spacial score (nSPS) is 13.8. The summed E-state index contributed by atoms with van der Waals surface area (Å²) in [6, 6.07) is 8.75. The number of benzene rings is 2. The Morgan fingerprint density at radius 3 is 1.37 bits per heavy atom. The van der Waals surface area contributed by atoms with Crippen molar-refractivity contribution in [2.45, 2.75) is 13.8 Å². The minimum Gasteiger partial charge on any atom is -0.335 e. The lowest BCUT2D eigenvalue weighted by Gasteiger charge is -2.35. The molecule has 2 amide bonds. The van der Waals surface area contributed by atoms with Crippen LogP contribution < -0.4 is 0 Å². The molecule has 30 heavy (non-hydrogen) atoms. The van der Waals surface area contributed by atoms with Crippen LogP contribution in [0.2, 0.25) is 0 Å². The average molecular weight is 412 g/mol. The number of piperazine rings is 1. The van der Waals surface area contributed by atoms with Crippen molar-refractivity contribution in [1.82, 2.24) is 9.80 Å². The zero-order valence-electron chi connectivity index (χ0n) is 16.5. The van der Waals surface area contributed by atoms with Crippen LogP contribution in [0.4, 0.5) is 11.4 Å². The van der Waals surface area contributed by atoms with Crippen molar-refractivity contribution < 1.29 is 19.4 Å². The first-order valence-corrected chi connectivity index (χ1v) is 9.29. The summed E-state index contributed by atoms with van der Waals surface area (Å²) in [6.07, 6.45) is 0. The van der Waals surface area contributed by atoms with Gasteiger partial charge in [0.05, 0.1) is 9.85 Å². The Bertz CT molecular complexity index is 960. The van der Waals surface area contributed by atoms with E-state index in [0.717, 1.165) is 0 Å². The highest BCUT2D eigenvalue weighted by atomic mass is 16.6. The van der Waals surface area contributed by atoms with Crippen LogP contribution >= 0.6 is 0 Å². The summed E-state index contributed by atoms with van der Waals surface area (Å²) in [5, 5.41) is 22.2. The predicted octanol–water partition coefficient (Wildman–Crippen LogP) is 2.72. The van der Waals surface area contributed by atoms with Gasteiger partial charge < -0.3 is 9.80 Å². The lowest BCUT2D eigenvalue weighted by molar-refractivity contribution is -0.385. The van der Waals surface area contributed by atoms with Crippen LogP contribution in [0.15, 0.2) is 36.4 Å². The smallest absolute Gasteiger partial charge is 0.273 e. The van der Waals surface area contributed by atoms with Gasteiger partial charge in [-0.05, 0) is 26.0 Å². The molecule has 1 fully saturated rings. The van der Waals surface area contributed by atoms with E-state index in [9.17, 15) is 29.8 Å². The number of hydrogen-bond acceptors (Lipinski definition) is 6. The van der Waals surface area contributed by atoms with Crippen molar-refractivity contribution in [2.75, 3.05) is 26.2 Å². The molecule has 10 heteroatoms. The van der Waals surface area contributed by atoms with Crippen molar-refractivity contribution in [3.8, 4) is 0 Å². The molecule has 0 spiro atoms. The lowest BCUT2D eigenvalue weighted by atomic mass is 10.0. The Kier molecular flexibility index (Phi) is 5.77. The molecule has 10 nitrogen and oxygen atoms in total. The Balaban J connectivity index is 1.73. The largest absolute Gasteiger partial charge is 0.335 e. The monoisotopic (exact) mass is 412 g/mol. The summed E-state index contributed by atoms with van der Waals surface area (Å²) in [6.45, 7) is 4.13. The summed E-state index contributed by atoms with van der Waals surface area (Å²) < 4.78 is 0. The molecule has 2 aromatic carbocycles. The molecular formula is C20H20N4O6. The number of nitro groups is 2. The number of hydrogen-bond donors (Lipinski definition) is 0. The molecule has 156 valence electrons. The number of rotatable bonds is 4. The highest BCUT2D eigenvalue weighted by Gasteiger charge is 2.29. The van der Waals surface area contributed by atoms with Gasteiger partial charge in [-0.25, -0.2) is 0 Å². The van der Waals surface area contributed by atoms with E-state index in [1.807, 2.05) is 0 Å². The first kappa shape index (κ1) is 20.9. The molecule has 0 aliphatic carbocycles. The van der Waals surface area contributed by atoms with Crippen molar-refractivity contribution in [3.63, 3.8) is 0 Å². The van der Waals surface area contributed by atoms with Gasteiger partial charge in [0.2, 0.25) is 0 Å². The fraction of sp³-hybridized carbons (Fsp3) is 0.300. The first-order chi connectivity index (χ1) is 14.2. The van der Waals surface area contributed by atoms with E-state index in [0.29, 0.717) is 11.1 Å². The Morgan fingerprint density at radius 2 is 1.07 bits per heavy atom. The quantitative estimate of drug-likeness (QED) is 0.561. The van der Waals surface area contributed by atoms with Gasteiger partial charge in [-0.2, -0.15) is 0 Å². The van der Waals surface area contributed by atoms with Gasteiger partial charge in [-0.15, -0.1) is 0 Å². The Morgan fingerprint density at radius 1 is 0.733 bits per heavy atom. The van der Waals surface area contributed by atoms with Gasteiger partial charge >= 0.3 is 0 Å². The summed E-state index contributed by atoms with van der Waals surface area (Å²) in [5.41, 5.74) is 0.903. The van der Waals surface area contributed by atoms with Crippen LogP contribution in [0, 0.1) is 34.1 Å². The van der Waals surface area contributed by atoms with Gasteiger partial charge in [-0.1, -0.05) is 12.1 Å². The third-order valence-corrected chi connectivity index (χ3v) is 5.32. The van der Waals surface area contributed by atoms with E-state index in [-0.39, 0.29) is 60.5 Å². The fourth-order valence-electron chi connectivity index (χ4n) is 3.56. The summed E-state index contributed by atoms with van der Waals surface area (Å²) in [7, 11) is 0. The van der Waals surface area contributed by atoms with Crippen molar-refractivity contribution in [3.05, 3.63) is 78.9 Å². The third kappa shape index (κ3) is 3.84. The second-order valence-corrected chi connectivity index (χ2v) is 7.00. The minimum atomic E-state index is -0.524. The SMILES string of the molecule is Cc1c(C(=O)N2CCN(C(=O)c3cccc([N+](=O)[O-])c3C)CC2)cccc1[N+](=O)[O-]. The van der Waals surface area contributed by atoms with Crippen LogP contribution in [0.1, 0.15) is 31.8 Å². The van der Waals surface area contributed by atoms with E-state index in [1.54, 1.807) is 21.9 Å². The van der Waals surface area contributed by atoms with Gasteiger partial charge in [-0.3, -0.25) is 29.8 Å². The fourth-order valence-corrected chi connectivity index (χ4v) is 3.56. The molecule has 0 unspecified atom stereocenters. The standard InChI is InChI=1S/C20H20N4O6/c1-13-15(5-3-7-17(13)23(27)28)19(25)21-9-11-22(12-10-21)20(26)16-6-4-8-18(14(16)2)24(29)30/h3-8H,9-12H2,1-2H3. The molecule has 0 bridgehead atoms. The average Bonchev–Trinajstić information content (AvgIpc) is 2.73. The zero-order valence-corrected chi connectivity index (χ0v) is 16.5. The summed E-state index contributed by atoms with van der Waals surface area (Å²) in [4.78, 5) is 50.0. The first-order valence-electron chi connectivity index (χ1n) is 9.29. The minimum absolute atomic E-state index is 0.115.